The Labute approximate surface area is 147 Å². The Kier molecular flexibility index (Phi) is 4.35. The predicted octanol–water partition coefficient (Wildman–Crippen LogP) is 2.56. The van der Waals surface area contributed by atoms with Crippen LogP contribution in [0.3, 0.4) is 0 Å². The number of nitrogens with zero attached hydrogens (tertiary/aromatic N) is 1. The number of hydrogen-bond acceptors (Lipinski definition) is 5. The van der Waals surface area contributed by atoms with Crippen LogP contribution in [0.25, 0.3) is 0 Å². The van der Waals surface area contributed by atoms with Gasteiger partial charge in [-0.15, -0.1) is 11.8 Å². The summed E-state index contributed by atoms with van der Waals surface area (Å²) in [5.74, 6) is 0.360. The van der Waals surface area contributed by atoms with E-state index in [2.05, 4.69) is 15.9 Å². The number of benzene rings is 1. The van der Waals surface area contributed by atoms with E-state index in [0.29, 0.717) is 0 Å². The maximum Gasteiger partial charge on any atom is 0.330 e. The van der Waals surface area contributed by atoms with Gasteiger partial charge < -0.3 is 14.4 Å². The average molecular weight is 400 g/mol. The molecule has 3 unspecified atom stereocenters. The number of amides is 1. The van der Waals surface area contributed by atoms with E-state index in [4.69, 9.17) is 9.47 Å². The van der Waals surface area contributed by atoms with Crippen LogP contribution in [0, 0.1) is 0 Å². The minimum Gasteiger partial charge on any atom is -0.497 e. The van der Waals surface area contributed by atoms with E-state index in [0.717, 1.165) is 11.3 Å². The van der Waals surface area contributed by atoms with Crippen LogP contribution in [0.1, 0.15) is 19.4 Å². The Morgan fingerprint density at radius 3 is 2.61 bits per heavy atom. The Morgan fingerprint density at radius 1 is 1.35 bits per heavy atom. The molecule has 0 bridgehead atoms. The van der Waals surface area contributed by atoms with Gasteiger partial charge in [0.25, 0.3) is 0 Å². The van der Waals surface area contributed by atoms with Gasteiger partial charge in [-0.2, -0.15) is 0 Å². The summed E-state index contributed by atoms with van der Waals surface area (Å²) in [6.45, 7) is 4.13. The van der Waals surface area contributed by atoms with Gasteiger partial charge >= 0.3 is 5.97 Å². The SMILES string of the molecule is COc1ccc(COC(=O)C2N3C(=O)C(Br)C3SC2(C)C)cc1. The summed E-state index contributed by atoms with van der Waals surface area (Å²) in [6.07, 6.45) is 0. The van der Waals surface area contributed by atoms with Gasteiger partial charge in [-0.25, -0.2) is 4.79 Å². The minimum atomic E-state index is -0.544. The van der Waals surface area contributed by atoms with Gasteiger partial charge in [0.05, 0.1) is 7.11 Å². The number of fused-ring (bicyclic) bond motifs is 1. The smallest absolute Gasteiger partial charge is 0.330 e. The van der Waals surface area contributed by atoms with Crippen LogP contribution in [0.2, 0.25) is 0 Å². The first-order valence-corrected chi connectivity index (χ1v) is 9.08. The summed E-state index contributed by atoms with van der Waals surface area (Å²) in [4.78, 5) is 26.0. The number of β-lactam (4-membered cyclic amide) rings is 1. The normalized spacial score (nSPS) is 28.1. The maximum absolute atomic E-state index is 12.5. The van der Waals surface area contributed by atoms with Crippen molar-refractivity contribution in [2.24, 2.45) is 0 Å². The molecule has 2 aliphatic heterocycles. The molecule has 23 heavy (non-hydrogen) atoms. The number of hydrogen-bond donors (Lipinski definition) is 0. The summed E-state index contributed by atoms with van der Waals surface area (Å²) in [5, 5.41) is 0.0102. The van der Waals surface area contributed by atoms with Gasteiger partial charge in [-0.05, 0) is 31.5 Å². The van der Waals surface area contributed by atoms with E-state index in [-0.39, 0.29) is 33.4 Å². The number of methoxy groups -OCH3 is 1. The molecule has 7 heteroatoms. The molecule has 5 nitrogen and oxygen atoms in total. The lowest BCUT2D eigenvalue weighted by atomic mass is 9.98. The monoisotopic (exact) mass is 399 g/mol. The molecule has 124 valence electrons. The van der Waals surface area contributed by atoms with Crippen molar-refractivity contribution in [2.75, 3.05) is 7.11 Å². The molecule has 1 aromatic rings. The highest BCUT2D eigenvalue weighted by atomic mass is 79.9. The van der Waals surface area contributed by atoms with Crippen LogP contribution in [0.5, 0.6) is 5.75 Å². The van der Waals surface area contributed by atoms with Crippen molar-refractivity contribution < 1.29 is 19.1 Å². The second-order valence-electron chi connectivity index (χ2n) is 6.12. The molecule has 0 radical (unpaired) electrons. The highest BCUT2D eigenvalue weighted by Gasteiger charge is 2.63. The summed E-state index contributed by atoms with van der Waals surface area (Å²) in [6, 6.07) is 6.81. The number of thioether (sulfide) groups is 1. The van der Waals surface area contributed by atoms with E-state index in [1.54, 1.807) is 23.8 Å². The topological polar surface area (TPSA) is 55.8 Å². The number of carbonyl (C=O) groups is 2. The van der Waals surface area contributed by atoms with Crippen LogP contribution in [-0.4, -0.2) is 44.9 Å². The fraction of sp³-hybridized carbons (Fsp3) is 0.500. The van der Waals surface area contributed by atoms with E-state index < -0.39 is 6.04 Å². The van der Waals surface area contributed by atoms with Crippen molar-refractivity contribution >= 4 is 39.6 Å². The standard InChI is InChI=1S/C16H18BrNO4S/c1-16(2)12(18-13(19)11(17)14(18)23-16)15(20)22-8-9-4-6-10(21-3)7-5-9/h4-7,11-12,14H,8H2,1-3H3. The first kappa shape index (κ1) is 16.6. The third kappa shape index (κ3) is 2.85. The number of ether oxygens (including phenoxy) is 2. The highest BCUT2D eigenvalue weighted by Crippen LogP contribution is 2.52. The summed E-state index contributed by atoms with van der Waals surface area (Å²) in [7, 11) is 1.60. The minimum absolute atomic E-state index is 0.0102. The third-order valence-corrected chi connectivity index (χ3v) is 6.95. The predicted molar refractivity (Wildman–Crippen MR) is 91.6 cm³/mol. The van der Waals surface area contributed by atoms with Gasteiger partial charge in [0.15, 0.2) is 0 Å². The lowest BCUT2D eigenvalue weighted by Crippen LogP contribution is -2.63. The van der Waals surface area contributed by atoms with Crippen molar-refractivity contribution in [2.45, 2.75) is 41.4 Å². The Balaban J connectivity index is 1.66. The molecule has 2 heterocycles. The molecule has 3 atom stereocenters. The zero-order valence-corrected chi connectivity index (χ0v) is 15.5. The molecule has 3 rings (SSSR count). The second kappa shape index (κ2) is 6.02. The molecular formula is C16H18BrNO4S. The molecule has 0 aromatic heterocycles. The lowest BCUT2D eigenvalue weighted by Gasteiger charge is -2.41. The third-order valence-electron chi connectivity index (χ3n) is 4.14. The van der Waals surface area contributed by atoms with Gasteiger partial charge in [0.1, 0.15) is 28.6 Å². The molecule has 0 N–H and O–H groups in total. The van der Waals surface area contributed by atoms with Crippen LogP contribution in [0.4, 0.5) is 0 Å². The Hall–Kier alpha value is -1.21. The van der Waals surface area contributed by atoms with Gasteiger partial charge in [0.2, 0.25) is 5.91 Å². The van der Waals surface area contributed by atoms with Crippen LogP contribution in [0.15, 0.2) is 24.3 Å². The number of esters is 1. The summed E-state index contributed by atoms with van der Waals surface area (Å²) >= 11 is 5.01. The fourth-order valence-corrected chi connectivity index (χ4v) is 5.25. The van der Waals surface area contributed by atoms with Crippen molar-refractivity contribution in [3.63, 3.8) is 0 Å². The molecule has 2 saturated heterocycles. The summed E-state index contributed by atoms with van der Waals surface area (Å²) in [5.41, 5.74) is 0.882. The van der Waals surface area contributed by atoms with Gasteiger partial charge in [0, 0.05) is 4.75 Å². The van der Waals surface area contributed by atoms with Crippen LogP contribution >= 0.6 is 27.7 Å². The van der Waals surface area contributed by atoms with Gasteiger partial charge in [-0.3, -0.25) is 4.79 Å². The van der Waals surface area contributed by atoms with Crippen molar-refractivity contribution in [1.29, 1.82) is 0 Å². The Morgan fingerprint density at radius 2 is 2.00 bits per heavy atom. The fourth-order valence-electron chi connectivity index (χ4n) is 2.90. The Bertz CT molecular complexity index is 633. The lowest BCUT2D eigenvalue weighted by molar-refractivity contribution is -0.161. The van der Waals surface area contributed by atoms with E-state index in [9.17, 15) is 9.59 Å². The molecule has 0 spiro atoms. The van der Waals surface area contributed by atoms with Gasteiger partial charge in [-0.1, -0.05) is 28.1 Å². The zero-order chi connectivity index (χ0) is 16.8. The molecule has 2 aliphatic rings. The van der Waals surface area contributed by atoms with Crippen molar-refractivity contribution in [3.05, 3.63) is 29.8 Å². The molecule has 0 aliphatic carbocycles. The molecular weight excluding hydrogens is 382 g/mol. The second-order valence-corrected chi connectivity index (χ2v) is 8.87. The summed E-state index contributed by atoms with van der Waals surface area (Å²) < 4.78 is 10.2. The molecule has 1 amide bonds. The molecule has 1 aromatic carbocycles. The first-order valence-electron chi connectivity index (χ1n) is 7.29. The van der Waals surface area contributed by atoms with E-state index in [1.807, 2.05) is 38.1 Å². The number of carbonyl (C=O) groups excluding carboxylic acids is 2. The zero-order valence-electron chi connectivity index (χ0n) is 13.1. The number of halogens is 1. The molecule has 0 saturated carbocycles. The number of rotatable bonds is 4. The van der Waals surface area contributed by atoms with Crippen molar-refractivity contribution in [3.8, 4) is 5.75 Å². The quantitative estimate of drug-likeness (QED) is 0.442. The first-order chi connectivity index (χ1) is 10.8. The largest absolute Gasteiger partial charge is 0.497 e. The highest BCUT2D eigenvalue weighted by molar-refractivity contribution is 9.10. The van der Waals surface area contributed by atoms with E-state index in [1.165, 1.54) is 0 Å². The number of alkyl halides is 1. The van der Waals surface area contributed by atoms with Crippen LogP contribution in [-0.2, 0) is 20.9 Å². The maximum atomic E-state index is 12.5. The van der Waals surface area contributed by atoms with E-state index >= 15 is 0 Å². The van der Waals surface area contributed by atoms with Crippen molar-refractivity contribution in [1.82, 2.24) is 4.90 Å². The van der Waals surface area contributed by atoms with Crippen LogP contribution < -0.4 is 4.74 Å². The molecule has 2 fully saturated rings. The average Bonchev–Trinajstić information content (AvgIpc) is 2.81.